The maximum absolute atomic E-state index is 11.9. The highest BCUT2D eigenvalue weighted by atomic mass is 16.6. The molecule has 0 aromatic carbocycles. The van der Waals surface area contributed by atoms with Gasteiger partial charge in [0.2, 0.25) is 0 Å². The Balaban J connectivity index is 1.54. The molecule has 0 atom stereocenters. The second-order valence-electron chi connectivity index (χ2n) is 5.82. The van der Waals surface area contributed by atoms with E-state index in [4.69, 9.17) is 4.74 Å². The van der Waals surface area contributed by atoms with Crippen molar-refractivity contribution >= 4 is 17.7 Å². The molecule has 1 aliphatic heterocycles. The van der Waals surface area contributed by atoms with Gasteiger partial charge in [-0.05, 0) is 31.9 Å². The molecule has 23 heavy (non-hydrogen) atoms. The predicted molar refractivity (Wildman–Crippen MR) is 85.5 cm³/mol. The van der Waals surface area contributed by atoms with Crippen LogP contribution in [-0.2, 0) is 4.74 Å². The molecule has 1 aromatic heterocycles. The van der Waals surface area contributed by atoms with Crippen LogP contribution >= 0.6 is 0 Å². The third-order valence-corrected chi connectivity index (χ3v) is 4.06. The zero-order valence-corrected chi connectivity index (χ0v) is 13.3. The highest BCUT2D eigenvalue weighted by Gasteiger charge is 2.25. The van der Waals surface area contributed by atoms with Crippen molar-refractivity contribution in [2.45, 2.75) is 25.8 Å². The van der Waals surface area contributed by atoms with Crippen LogP contribution in [0.15, 0.2) is 18.3 Å². The molecule has 124 valence electrons. The van der Waals surface area contributed by atoms with Gasteiger partial charge in [0.25, 0.3) is 5.91 Å². The average molecular weight is 318 g/mol. The lowest BCUT2D eigenvalue weighted by atomic mass is 10.2. The van der Waals surface area contributed by atoms with Gasteiger partial charge in [0.05, 0.1) is 18.5 Å². The summed E-state index contributed by atoms with van der Waals surface area (Å²) in [5.41, 5.74) is 1.42. The Morgan fingerprint density at radius 3 is 2.57 bits per heavy atom. The Hall–Kier alpha value is -2.31. The summed E-state index contributed by atoms with van der Waals surface area (Å²) in [6, 6.07) is 4.00. The molecule has 2 aliphatic rings. The van der Waals surface area contributed by atoms with Crippen LogP contribution in [0.3, 0.4) is 0 Å². The van der Waals surface area contributed by atoms with Gasteiger partial charge in [0.15, 0.2) is 0 Å². The van der Waals surface area contributed by atoms with Crippen LogP contribution in [-0.4, -0.2) is 60.7 Å². The number of rotatable bonds is 4. The number of piperazine rings is 1. The highest BCUT2D eigenvalue weighted by molar-refractivity contribution is 5.92. The van der Waals surface area contributed by atoms with Crippen molar-refractivity contribution in [3.63, 3.8) is 0 Å². The largest absolute Gasteiger partial charge is 0.450 e. The van der Waals surface area contributed by atoms with Crippen molar-refractivity contribution in [2.24, 2.45) is 0 Å². The number of pyridine rings is 1. The summed E-state index contributed by atoms with van der Waals surface area (Å²) in [5, 5.41) is 2.93. The molecule has 1 saturated carbocycles. The first-order valence-corrected chi connectivity index (χ1v) is 8.11. The maximum Gasteiger partial charge on any atom is 0.409 e. The maximum atomic E-state index is 11.9. The van der Waals surface area contributed by atoms with E-state index in [2.05, 4.69) is 15.2 Å². The number of aromatic nitrogens is 1. The summed E-state index contributed by atoms with van der Waals surface area (Å²) in [7, 11) is 0. The lowest BCUT2D eigenvalue weighted by Gasteiger charge is -2.35. The minimum atomic E-state index is -0.252. The van der Waals surface area contributed by atoms with Crippen LogP contribution in [0.4, 0.5) is 10.5 Å². The number of amides is 2. The van der Waals surface area contributed by atoms with E-state index in [1.807, 2.05) is 6.07 Å². The van der Waals surface area contributed by atoms with E-state index in [1.54, 1.807) is 24.1 Å². The number of anilines is 1. The lowest BCUT2D eigenvalue weighted by Crippen LogP contribution is -2.49. The van der Waals surface area contributed by atoms with Crippen LogP contribution in [0.1, 0.15) is 30.3 Å². The van der Waals surface area contributed by atoms with Gasteiger partial charge in [0.1, 0.15) is 5.69 Å². The number of nitrogens with one attached hydrogen (secondary N) is 1. The van der Waals surface area contributed by atoms with Crippen molar-refractivity contribution in [2.75, 3.05) is 37.7 Å². The van der Waals surface area contributed by atoms with E-state index in [-0.39, 0.29) is 12.0 Å². The van der Waals surface area contributed by atoms with Gasteiger partial charge >= 0.3 is 6.09 Å². The van der Waals surface area contributed by atoms with E-state index in [9.17, 15) is 9.59 Å². The average Bonchev–Trinajstić information content (AvgIpc) is 3.39. The fourth-order valence-electron chi connectivity index (χ4n) is 2.56. The Bertz CT molecular complexity index is 563. The first-order valence-electron chi connectivity index (χ1n) is 8.11. The lowest BCUT2D eigenvalue weighted by molar-refractivity contribution is 0.0945. The fraction of sp³-hybridized carbons (Fsp3) is 0.562. The number of carbonyl (C=O) groups excluding carboxylic acids is 2. The number of hydrogen-bond donors (Lipinski definition) is 1. The molecule has 1 aliphatic carbocycles. The molecule has 2 heterocycles. The second kappa shape index (κ2) is 6.85. The van der Waals surface area contributed by atoms with Crippen LogP contribution in [0.2, 0.25) is 0 Å². The molecule has 3 rings (SSSR count). The van der Waals surface area contributed by atoms with Crippen LogP contribution < -0.4 is 10.2 Å². The molecule has 1 saturated heterocycles. The summed E-state index contributed by atoms with van der Waals surface area (Å²) < 4.78 is 5.01. The monoisotopic (exact) mass is 318 g/mol. The van der Waals surface area contributed by atoms with Crippen molar-refractivity contribution in [3.8, 4) is 0 Å². The minimum absolute atomic E-state index is 0.105. The fourth-order valence-corrected chi connectivity index (χ4v) is 2.56. The summed E-state index contributed by atoms with van der Waals surface area (Å²) in [4.78, 5) is 31.7. The van der Waals surface area contributed by atoms with Gasteiger partial charge in [-0.1, -0.05) is 0 Å². The van der Waals surface area contributed by atoms with Crippen LogP contribution in [0.5, 0.6) is 0 Å². The van der Waals surface area contributed by atoms with E-state index in [0.717, 1.165) is 31.6 Å². The molecule has 7 heteroatoms. The van der Waals surface area contributed by atoms with Gasteiger partial charge in [-0.25, -0.2) is 9.78 Å². The van der Waals surface area contributed by atoms with Crippen LogP contribution in [0, 0.1) is 0 Å². The molecular weight excluding hydrogens is 296 g/mol. The third-order valence-electron chi connectivity index (χ3n) is 4.06. The van der Waals surface area contributed by atoms with E-state index in [1.165, 1.54) is 0 Å². The normalized spacial score (nSPS) is 17.8. The van der Waals surface area contributed by atoms with Crippen molar-refractivity contribution in [1.29, 1.82) is 0 Å². The first kappa shape index (κ1) is 15.6. The molecule has 1 aromatic rings. The van der Waals surface area contributed by atoms with Gasteiger partial charge in [0, 0.05) is 32.2 Å². The predicted octanol–water partition coefficient (Wildman–Crippen LogP) is 1.25. The summed E-state index contributed by atoms with van der Waals surface area (Å²) in [5.74, 6) is -0.105. The summed E-state index contributed by atoms with van der Waals surface area (Å²) in [6.45, 7) is 4.92. The van der Waals surface area contributed by atoms with Crippen LogP contribution in [0.25, 0.3) is 0 Å². The number of ether oxygens (including phenoxy) is 1. The smallest absolute Gasteiger partial charge is 0.409 e. The molecule has 0 radical (unpaired) electrons. The van der Waals surface area contributed by atoms with E-state index in [0.29, 0.717) is 31.4 Å². The number of hydrogen-bond acceptors (Lipinski definition) is 5. The highest BCUT2D eigenvalue weighted by Crippen LogP contribution is 2.20. The molecule has 1 N–H and O–H groups in total. The molecule has 2 amide bonds. The first-order chi connectivity index (χ1) is 11.2. The summed E-state index contributed by atoms with van der Waals surface area (Å²) in [6.07, 6.45) is 3.60. The van der Waals surface area contributed by atoms with E-state index >= 15 is 0 Å². The van der Waals surface area contributed by atoms with Gasteiger partial charge in [-0.2, -0.15) is 0 Å². The van der Waals surface area contributed by atoms with Gasteiger partial charge in [-0.3, -0.25) is 4.79 Å². The summed E-state index contributed by atoms with van der Waals surface area (Å²) >= 11 is 0. The molecular formula is C16H22N4O3. The third kappa shape index (κ3) is 3.91. The molecule has 7 nitrogen and oxygen atoms in total. The van der Waals surface area contributed by atoms with Crippen molar-refractivity contribution in [1.82, 2.24) is 15.2 Å². The Labute approximate surface area is 135 Å². The van der Waals surface area contributed by atoms with Gasteiger partial charge < -0.3 is 19.9 Å². The quantitative estimate of drug-likeness (QED) is 0.904. The number of carbonyl (C=O) groups is 2. The van der Waals surface area contributed by atoms with Crippen molar-refractivity contribution < 1.29 is 14.3 Å². The zero-order chi connectivity index (χ0) is 16.2. The van der Waals surface area contributed by atoms with Gasteiger partial charge in [-0.15, -0.1) is 0 Å². The SMILES string of the molecule is CCOC(=O)N1CCN(c2ccc(C(=O)NC3CC3)nc2)CC1. The molecule has 0 unspecified atom stereocenters. The van der Waals surface area contributed by atoms with E-state index < -0.39 is 0 Å². The standard InChI is InChI=1S/C16H22N4O3/c1-2-23-16(22)20-9-7-19(8-10-20)13-5-6-14(17-11-13)15(21)18-12-3-4-12/h5-6,11-12H,2-4,7-10H2,1H3,(H,18,21). The molecule has 2 fully saturated rings. The molecule has 0 bridgehead atoms. The van der Waals surface area contributed by atoms with Crippen molar-refractivity contribution in [3.05, 3.63) is 24.0 Å². The second-order valence-corrected chi connectivity index (χ2v) is 5.82. The minimum Gasteiger partial charge on any atom is -0.450 e. The Morgan fingerprint density at radius 1 is 1.26 bits per heavy atom. The Kier molecular flexibility index (Phi) is 4.64. The number of nitrogens with zero attached hydrogens (tertiary/aromatic N) is 3. The Morgan fingerprint density at radius 2 is 2.00 bits per heavy atom. The zero-order valence-electron chi connectivity index (χ0n) is 13.3. The topological polar surface area (TPSA) is 74.8 Å². The molecule has 0 spiro atoms.